The van der Waals surface area contributed by atoms with Gasteiger partial charge in [0, 0.05) is 13.1 Å². The summed E-state index contributed by atoms with van der Waals surface area (Å²) in [4.78, 5) is 21.4. The molecule has 2 N–H and O–H groups in total. The van der Waals surface area contributed by atoms with Crippen LogP contribution in [0.2, 0.25) is 0 Å². The van der Waals surface area contributed by atoms with Crippen LogP contribution in [0.5, 0.6) is 5.75 Å². The van der Waals surface area contributed by atoms with Gasteiger partial charge in [0.05, 0.1) is 5.56 Å². The first kappa shape index (κ1) is 16.5. The number of hydrogen-bond acceptors (Lipinski definition) is 3. The Balaban J connectivity index is 3.08. The number of nitrogens with one attached hydrogen (secondary N) is 1. The van der Waals surface area contributed by atoms with Crippen LogP contribution in [0.25, 0.3) is 6.08 Å². The average molecular weight is 303 g/mol. The third-order valence-corrected chi connectivity index (χ3v) is 2.36. The van der Waals surface area contributed by atoms with Gasteiger partial charge in [-0.05, 0) is 23.8 Å². The lowest BCUT2D eigenvalue weighted by molar-refractivity contribution is -0.139. The van der Waals surface area contributed by atoms with Gasteiger partial charge in [0.25, 0.3) is 5.91 Å². The van der Waals surface area contributed by atoms with E-state index in [9.17, 15) is 22.8 Å². The van der Waals surface area contributed by atoms with Gasteiger partial charge in [0.1, 0.15) is 5.75 Å². The minimum absolute atomic E-state index is 0.0528. The molecule has 0 aliphatic heterocycles. The molecule has 0 heterocycles. The molecule has 8 heteroatoms. The second-order valence-corrected chi connectivity index (χ2v) is 3.89. The minimum atomic E-state index is -4.69. The van der Waals surface area contributed by atoms with E-state index in [1.165, 1.54) is 13.1 Å². The molecular formula is C13H12F3NO4. The number of carbonyl (C=O) groups excluding carboxylic acids is 1. The second kappa shape index (κ2) is 6.78. The van der Waals surface area contributed by atoms with Gasteiger partial charge in [-0.3, -0.25) is 4.79 Å². The molecule has 0 atom stereocenters. The van der Waals surface area contributed by atoms with Crippen LogP contribution in [0.15, 0.2) is 24.3 Å². The number of carboxylic acid groups (broad SMARTS) is 1. The van der Waals surface area contributed by atoms with E-state index in [0.717, 1.165) is 24.3 Å². The Hall–Kier alpha value is -2.51. The van der Waals surface area contributed by atoms with Crippen molar-refractivity contribution in [2.75, 3.05) is 13.7 Å². The molecule has 0 saturated carbocycles. The number of amides is 1. The summed E-state index contributed by atoms with van der Waals surface area (Å²) < 4.78 is 43.6. The zero-order chi connectivity index (χ0) is 16.0. The van der Waals surface area contributed by atoms with E-state index < -0.39 is 36.0 Å². The summed E-state index contributed by atoms with van der Waals surface area (Å²) in [5.41, 5.74) is -1.03. The molecule has 0 bridgehead atoms. The number of hydrogen-bond donors (Lipinski definition) is 2. The van der Waals surface area contributed by atoms with Gasteiger partial charge in [-0.2, -0.15) is 13.2 Å². The number of alkyl halides is 3. The van der Waals surface area contributed by atoms with Gasteiger partial charge in [0.15, 0.2) is 6.61 Å². The lowest BCUT2D eigenvalue weighted by atomic mass is 10.1. The maximum Gasteiger partial charge on any atom is 0.419 e. The van der Waals surface area contributed by atoms with Crippen molar-refractivity contribution in [1.29, 1.82) is 0 Å². The predicted molar refractivity (Wildman–Crippen MR) is 67.7 cm³/mol. The Morgan fingerprint density at radius 1 is 1.38 bits per heavy atom. The fraction of sp³-hybridized carbons (Fsp3) is 0.231. The zero-order valence-corrected chi connectivity index (χ0v) is 10.9. The first-order valence-corrected chi connectivity index (χ1v) is 5.69. The molecule has 0 aliphatic rings. The summed E-state index contributed by atoms with van der Waals surface area (Å²) >= 11 is 0. The topological polar surface area (TPSA) is 75.6 Å². The van der Waals surface area contributed by atoms with E-state index in [-0.39, 0.29) is 5.56 Å². The number of carboxylic acids is 1. The van der Waals surface area contributed by atoms with Gasteiger partial charge < -0.3 is 15.2 Å². The van der Waals surface area contributed by atoms with Gasteiger partial charge in [-0.15, -0.1) is 0 Å². The van der Waals surface area contributed by atoms with E-state index in [2.05, 4.69) is 5.32 Å². The summed E-state index contributed by atoms with van der Waals surface area (Å²) in [6, 6.07) is 3.04. The van der Waals surface area contributed by atoms with Crippen LogP contribution in [0.3, 0.4) is 0 Å². The summed E-state index contributed by atoms with van der Waals surface area (Å²) in [5, 5.41) is 10.7. The number of carbonyl (C=O) groups is 2. The highest BCUT2D eigenvalue weighted by molar-refractivity contribution is 5.85. The van der Waals surface area contributed by atoms with Crippen molar-refractivity contribution in [2.45, 2.75) is 6.18 Å². The molecule has 5 nitrogen and oxygen atoms in total. The molecule has 0 radical (unpaired) electrons. The van der Waals surface area contributed by atoms with Gasteiger partial charge in [-0.25, -0.2) is 4.79 Å². The minimum Gasteiger partial charge on any atom is -0.483 e. The van der Waals surface area contributed by atoms with Crippen LogP contribution < -0.4 is 10.1 Å². The second-order valence-electron chi connectivity index (χ2n) is 3.89. The molecular weight excluding hydrogens is 291 g/mol. The highest BCUT2D eigenvalue weighted by atomic mass is 19.4. The van der Waals surface area contributed by atoms with E-state index in [1.54, 1.807) is 0 Å². The summed E-state index contributed by atoms with van der Waals surface area (Å²) in [6.07, 6.45) is -2.94. The maximum atomic E-state index is 12.9. The van der Waals surface area contributed by atoms with E-state index in [1.807, 2.05) is 0 Å². The summed E-state index contributed by atoms with van der Waals surface area (Å²) in [5.74, 6) is -2.35. The fourth-order valence-corrected chi connectivity index (χ4v) is 1.38. The molecule has 1 rings (SSSR count). The Morgan fingerprint density at radius 3 is 2.57 bits per heavy atom. The molecule has 0 unspecified atom stereocenters. The molecule has 1 aromatic rings. The number of aliphatic carboxylic acids is 1. The lowest BCUT2D eigenvalue weighted by Gasteiger charge is -2.14. The normalized spacial score (nSPS) is 11.4. The van der Waals surface area contributed by atoms with Gasteiger partial charge >= 0.3 is 12.1 Å². The first-order valence-electron chi connectivity index (χ1n) is 5.69. The van der Waals surface area contributed by atoms with Crippen LogP contribution >= 0.6 is 0 Å². The summed E-state index contributed by atoms with van der Waals surface area (Å²) in [7, 11) is 1.33. The number of benzene rings is 1. The molecule has 21 heavy (non-hydrogen) atoms. The fourth-order valence-electron chi connectivity index (χ4n) is 1.38. The van der Waals surface area contributed by atoms with Crippen molar-refractivity contribution >= 4 is 18.0 Å². The molecule has 114 valence electrons. The zero-order valence-electron chi connectivity index (χ0n) is 10.9. The van der Waals surface area contributed by atoms with Crippen molar-refractivity contribution in [2.24, 2.45) is 0 Å². The van der Waals surface area contributed by atoms with Gasteiger partial charge in [-0.1, -0.05) is 6.07 Å². The van der Waals surface area contributed by atoms with E-state index in [0.29, 0.717) is 0 Å². The average Bonchev–Trinajstić information content (AvgIpc) is 2.41. The van der Waals surface area contributed by atoms with Crippen molar-refractivity contribution in [3.05, 3.63) is 35.4 Å². The van der Waals surface area contributed by atoms with Crippen LogP contribution in [-0.2, 0) is 15.8 Å². The highest BCUT2D eigenvalue weighted by Crippen LogP contribution is 2.37. The van der Waals surface area contributed by atoms with E-state index in [4.69, 9.17) is 9.84 Å². The quantitative estimate of drug-likeness (QED) is 0.815. The standard InChI is InChI=1S/C13H12F3NO4/c1-17-11(18)7-21-10-4-2-8(3-5-12(19)20)6-9(10)13(14,15)16/h2-6H,7H2,1H3,(H,17,18)(H,19,20). The first-order chi connectivity index (χ1) is 9.74. The number of ether oxygens (including phenoxy) is 1. The third kappa shape index (κ3) is 5.17. The Morgan fingerprint density at radius 2 is 2.05 bits per heavy atom. The van der Waals surface area contributed by atoms with Gasteiger partial charge in [0.2, 0.25) is 0 Å². The van der Waals surface area contributed by atoms with Crippen molar-refractivity contribution < 1.29 is 32.6 Å². The van der Waals surface area contributed by atoms with Crippen LogP contribution in [0.4, 0.5) is 13.2 Å². The van der Waals surface area contributed by atoms with Crippen LogP contribution in [-0.4, -0.2) is 30.6 Å². The number of likely N-dealkylation sites (N-methyl/N-ethyl adjacent to an activating group) is 1. The van der Waals surface area contributed by atoms with Crippen molar-refractivity contribution in [3.8, 4) is 5.75 Å². The Bertz CT molecular complexity index is 567. The van der Waals surface area contributed by atoms with E-state index >= 15 is 0 Å². The third-order valence-electron chi connectivity index (χ3n) is 2.36. The molecule has 0 fully saturated rings. The summed E-state index contributed by atoms with van der Waals surface area (Å²) in [6.45, 7) is -0.552. The SMILES string of the molecule is CNC(=O)COc1ccc(C=CC(=O)O)cc1C(F)(F)F. The molecule has 0 aromatic heterocycles. The molecule has 0 aliphatic carbocycles. The van der Waals surface area contributed by atoms with Crippen molar-refractivity contribution in [3.63, 3.8) is 0 Å². The molecule has 1 amide bonds. The molecule has 1 aromatic carbocycles. The molecule has 0 saturated heterocycles. The lowest BCUT2D eigenvalue weighted by Crippen LogP contribution is -2.25. The highest BCUT2D eigenvalue weighted by Gasteiger charge is 2.34. The smallest absolute Gasteiger partial charge is 0.419 e. The largest absolute Gasteiger partial charge is 0.483 e. The predicted octanol–water partition coefficient (Wildman–Crippen LogP) is 1.93. The molecule has 0 spiro atoms. The number of halogens is 3. The Labute approximate surface area is 118 Å². The maximum absolute atomic E-state index is 12.9. The van der Waals surface area contributed by atoms with Crippen molar-refractivity contribution in [1.82, 2.24) is 5.32 Å². The Kier molecular flexibility index (Phi) is 5.34. The van der Waals surface area contributed by atoms with Crippen LogP contribution in [0, 0.1) is 0 Å². The monoisotopic (exact) mass is 303 g/mol. The number of rotatable bonds is 5. The van der Waals surface area contributed by atoms with Crippen LogP contribution in [0.1, 0.15) is 11.1 Å².